The Kier molecular flexibility index (Phi) is 3.99. The highest BCUT2D eigenvalue weighted by molar-refractivity contribution is 5.88. The molecule has 1 rings (SSSR count). The third-order valence-corrected chi connectivity index (χ3v) is 2.13. The van der Waals surface area contributed by atoms with Gasteiger partial charge in [-0.3, -0.25) is 4.79 Å². The molecule has 0 fully saturated rings. The van der Waals surface area contributed by atoms with Gasteiger partial charge in [0.25, 0.3) is 0 Å². The Labute approximate surface area is 88.3 Å². The van der Waals surface area contributed by atoms with Crippen molar-refractivity contribution >= 4 is 5.78 Å². The molecule has 0 saturated carbocycles. The van der Waals surface area contributed by atoms with Gasteiger partial charge in [-0.2, -0.15) is 5.26 Å². The van der Waals surface area contributed by atoms with Crippen LogP contribution in [0, 0.1) is 17.1 Å². The summed E-state index contributed by atoms with van der Waals surface area (Å²) in [6, 6.07) is 7.56. The normalized spacial score (nSPS) is 11.8. The molecule has 1 aromatic carbocycles. The second-order valence-corrected chi connectivity index (χ2v) is 3.33. The van der Waals surface area contributed by atoms with Crippen LogP contribution in [-0.2, 0) is 4.79 Å². The Balaban J connectivity index is 2.93. The number of ketones is 1. The third kappa shape index (κ3) is 2.88. The van der Waals surface area contributed by atoms with E-state index >= 15 is 0 Å². The summed E-state index contributed by atoms with van der Waals surface area (Å²) >= 11 is 0. The van der Waals surface area contributed by atoms with Crippen molar-refractivity contribution in [3.8, 4) is 6.07 Å². The smallest absolute Gasteiger partial charge is 0.154 e. The molecule has 0 spiro atoms. The summed E-state index contributed by atoms with van der Waals surface area (Å²) < 4.78 is 12.9. The van der Waals surface area contributed by atoms with Gasteiger partial charge < -0.3 is 0 Å². The van der Waals surface area contributed by atoms with Crippen LogP contribution in [0.25, 0.3) is 0 Å². The van der Waals surface area contributed by atoms with Crippen LogP contribution in [0.3, 0.4) is 0 Å². The van der Waals surface area contributed by atoms with Crippen molar-refractivity contribution in [1.82, 2.24) is 0 Å². The minimum atomic E-state index is -0.833. The van der Waals surface area contributed by atoms with Gasteiger partial charge in [-0.05, 0) is 24.1 Å². The van der Waals surface area contributed by atoms with Gasteiger partial charge in [0.2, 0.25) is 0 Å². The zero-order valence-electron chi connectivity index (χ0n) is 8.53. The average molecular weight is 205 g/mol. The second kappa shape index (κ2) is 5.26. The van der Waals surface area contributed by atoms with Crippen molar-refractivity contribution in [2.45, 2.75) is 25.7 Å². The van der Waals surface area contributed by atoms with E-state index in [0.29, 0.717) is 18.4 Å². The van der Waals surface area contributed by atoms with E-state index in [1.807, 2.05) is 13.0 Å². The number of nitrogens with zero attached hydrogens (tertiary/aromatic N) is 1. The van der Waals surface area contributed by atoms with E-state index in [-0.39, 0.29) is 5.78 Å². The first kappa shape index (κ1) is 11.4. The number of hydrogen-bond donors (Lipinski definition) is 0. The highest BCUT2D eigenvalue weighted by Crippen LogP contribution is 2.19. The third-order valence-electron chi connectivity index (χ3n) is 2.13. The number of nitriles is 1. The number of rotatable bonds is 4. The Morgan fingerprint density at radius 2 is 2.33 bits per heavy atom. The lowest BCUT2D eigenvalue weighted by Crippen LogP contribution is -2.10. The lowest BCUT2D eigenvalue weighted by atomic mass is 9.94. The van der Waals surface area contributed by atoms with Gasteiger partial charge in [0.05, 0.1) is 6.07 Å². The molecular formula is C12H12FNO. The molecule has 0 aliphatic carbocycles. The molecule has 1 atom stereocenters. The fraction of sp³-hybridized carbons (Fsp3) is 0.333. The fourth-order valence-corrected chi connectivity index (χ4v) is 1.41. The first-order chi connectivity index (χ1) is 7.19. The maximum absolute atomic E-state index is 12.9. The maximum atomic E-state index is 12.9. The van der Waals surface area contributed by atoms with Gasteiger partial charge in [0, 0.05) is 6.42 Å². The summed E-state index contributed by atoms with van der Waals surface area (Å²) in [5, 5.41) is 8.87. The van der Waals surface area contributed by atoms with Crippen LogP contribution in [-0.4, -0.2) is 5.78 Å². The zero-order valence-corrected chi connectivity index (χ0v) is 8.53. The van der Waals surface area contributed by atoms with Gasteiger partial charge in [-0.1, -0.05) is 19.1 Å². The molecule has 2 nitrogen and oxygen atoms in total. The van der Waals surface area contributed by atoms with Gasteiger partial charge >= 0.3 is 0 Å². The van der Waals surface area contributed by atoms with Crippen molar-refractivity contribution in [1.29, 1.82) is 5.26 Å². The maximum Gasteiger partial charge on any atom is 0.154 e. The van der Waals surface area contributed by atoms with E-state index in [1.54, 1.807) is 6.07 Å². The van der Waals surface area contributed by atoms with Gasteiger partial charge in [0.15, 0.2) is 5.78 Å². The van der Waals surface area contributed by atoms with Gasteiger partial charge in [-0.25, -0.2) is 4.39 Å². The van der Waals surface area contributed by atoms with Crippen molar-refractivity contribution in [3.63, 3.8) is 0 Å². The molecule has 0 bridgehead atoms. The minimum Gasteiger partial charge on any atom is -0.298 e. The highest BCUT2D eigenvalue weighted by Gasteiger charge is 2.19. The van der Waals surface area contributed by atoms with E-state index in [1.165, 1.54) is 18.2 Å². The van der Waals surface area contributed by atoms with Crippen LogP contribution in [0.5, 0.6) is 0 Å². The molecule has 0 aliphatic heterocycles. The lowest BCUT2D eigenvalue weighted by molar-refractivity contribution is -0.119. The minimum absolute atomic E-state index is 0.148. The lowest BCUT2D eigenvalue weighted by Gasteiger charge is -2.07. The number of benzene rings is 1. The number of hydrogen-bond acceptors (Lipinski definition) is 2. The summed E-state index contributed by atoms with van der Waals surface area (Å²) in [4.78, 5) is 11.5. The van der Waals surface area contributed by atoms with Crippen molar-refractivity contribution < 1.29 is 9.18 Å². The largest absolute Gasteiger partial charge is 0.298 e. The van der Waals surface area contributed by atoms with Crippen LogP contribution in [0.2, 0.25) is 0 Å². The summed E-state index contributed by atoms with van der Waals surface area (Å²) in [5.74, 6) is -1.40. The van der Waals surface area contributed by atoms with Crippen LogP contribution in [0.15, 0.2) is 24.3 Å². The van der Waals surface area contributed by atoms with Crippen molar-refractivity contribution in [3.05, 3.63) is 35.6 Å². The van der Waals surface area contributed by atoms with Gasteiger partial charge in [-0.15, -0.1) is 0 Å². The second-order valence-electron chi connectivity index (χ2n) is 3.33. The molecule has 0 heterocycles. The first-order valence-electron chi connectivity index (χ1n) is 4.86. The fourth-order valence-electron chi connectivity index (χ4n) is 1.41. The summed E-state index contributed by atoms with van der Waals surface area (Å²) in [5.41, 5.74) is 0.441. The number of halogens is 1. The molecule has 0 saturated heterocycles. The Morgan fingerprint density at radius 1 is 1.60 bits per heavy atom. The molecule has 0 N–H and O–H groups in total. The van der Waals surface area contributed by atoms with E-state index in [0.717, 1.165) is 0 Å². The molecular weight excluding hydrogens is 193 g/mol. The quantitative estimate of drug-likeness (QED) is 0.758. The first-order valence-corrected chi connectivity index (χ1v) is 4.86. The number of Topliss-reactive ketones (excluding diaryl/α,β-unsaturated/α-hetero) is 1. The molecule has 78 valence electrons. The van der Waals surface area contributed by atoms with E-state index in [2.05, 4.69) is 0 Å². The topological polar surface area (TPSA) is 40.9 Å². The predicted molar refractivity (Wildman–Crippen MR) is 54.7 cm³/mol. The molecule has 3 heteroatoms. The number of carbonyl (C=O) groups is 1. The zero-order chi connectivity index (χ0) is 11.3. The monoisotopic (exact) mass is 205 g/mol. The van der Waals surface area contributed by atoms with Crippen LogP contribution in [0.4, 0.5) is 4.39 Å². The van der Waals surface area contributed by atoms with Crippen LogP contribution in [0.1, 0.15) is 31.2 Å². The Bertz CT molecular complexity index is 395. The van der Waals surface area contributed by atoms with E-state index < -0.39 is 11.7 Å². The van der Waals surface area contributed by atoms with Crippen LogP contribution < -0.4 is 0 Å². The Hall–Kier alpha value is -1.69. The van der Waals surface area contributed by atoms with Gasteiger partial charge in [0.1, 0.15) is 11.7 Å². The van der Waals surface area contributed by atoms with E-state index in [9.17, 15) is 9.18 Å². The molecule has 0 radical (unpaired) electrons. The average Bonchev–Trinajstić information content (AvgIpc) is 2.19. The van der Waals surface area contributed by atoms with E-state index in [4.69, 9.17) is 5.26 Å². The molecule has 15 heavy (non-hydrogen) atoms. The summed E-state index contributed by atoms with van der Waals surface area (Å²) in [7, 11) is 0. The molecule has 1 unspecified atom stereocenters. The molecule has 0 amide bonds. The Morgan fingerprint density at radius 3 is 2.87 bits per heavy atom. The number of carbonyl (C=O) groups excluding carboxylic acids is 1. The molecule has 0 aromatic heterocycles. The van der Waals surface area contributed by atoms with Crippen LogP contribution >= 0.6 is 0 Å². The molecule has 0 aliphatic rings. The highest BCUT2D eigenvalue weighted by atomic mass is 19.1. The standard InChI is InChI=1S/C12H12FNO/c1-2-4-12(15)11(8-14)9-5-3-6-10(13)7-9/h3,5-7,11H,2,4H2,1H3. The van der Waals surface area contributed by atoms with Crippen molar-refractivity contribution in [2.75, 3.05) is 0 Å². The predicted octanol–water partition coefficient (Wildman–Crippen LogP) is 2.80. The SMILES string of the molecule is CCCC(=O)C(C#N)c1cccc(F)c1. The van der Waals surface area contributed by atoms with Crippen molar-refractivity contribution in [2.24, 2.45) is 0 Å². The summed E-state index contributed by atoms with van der Waals surface area (Å²) in [6.07, 6.45) is 1.06. The summed E-state index contributed by atoms with van der Waals surface area (Å²) in [6.45, 7) is 1.87. The molecule has 1 aromatic rings.